The molecule has 0 aliphatic heterocycles. The fourth-order valence-corrected chi connectivity index (χ4v) is 3.87. The van der Waals surface area contributed by atoms with Gasteiger partial charge in [0.15, 0.2) is 4.80 Å². The summed E-state index contributed by atoms with van der Waals surface area (Å²) in [5, 5.41) is 12.6. The van der Waals surface area contributed by atoms with Crippen LogP contribution in [-0.2, 0) is 6.54 Å². The average molecular weight is 395 g/mol. The highest BCUT2D eigenvalue weighted by Gasteiger charge is 2.11. The lowest BCUT2D eigenvalue weighted by molar-refractivity contribution is 0.275. The minimum atomic E-state index is 0.00470. The van der Waals surface area contributed by atoms with E-state index in [1.54, 1.807) is 19.2 Å². The molecule has 0 saturated carbocycles. The molecule has 0 amide bonds. The molecule has 0 aliphatic rings. The molecule has 0 spiro atoms. The first-order valence-electron chi connectivity index (χ1n) is 7.56. The summed E-state index contributed by atoms with van der Waals surface area (Å²) >= 11 is 13.8. The second-order valence-electron chi connectivity index (χ2n) is 5.21. The first-order valence-corrected chi connectivity index (χ1v) is 9.19. The summed E-state index contributed by atoms with van der Waals surface area (Å²) in [7, 11) is 1.63. The number of halogens is 2. The van der Waals surface area contributed by atoms with Crippen molar-refractivity contribution in [2.45, 2.75) is 6.54 Å². The molecule has 0 saturated heterocycles. The number of aliphatic hydroxyl groups excluding tert-OH is 1. The van der Waals surface area contributed by atoms with E-state index in [4.69, 9.17) is 27.9 Å². The van der Waals surface area contributed by atoms with Crippen LogP contribution in [0.3, 0.4) is 0 Å². The summed E-state index contributed by atoms with van der Waals surface area (Å²) < 4.78 is 7.11. The molecule has 3 aromatic rings. The molecule has 0 atom stereocenters. The Morgan fingerprint density at radius 2 is 1.92 bits per heavy atom. The Kier molecular flexibility index (Phi) is 5.81. The molecule has 130 valence electrons. The molecule has 0 fully saturated rings. The fraction of sp³-hybridized carbons (Fsp3) is 0.167. The zero-order valence-electron chi connectivity index (χ0n) is 13.4. The van der Waals surface area contributed by atoms with Gasteiger partial charge >= 0.3 is 0 Å². The van der Waals surface area contributed by atoms with Crippen molar-refractivity contribution in [3.63, 3.8) is 0 Å². The molecule has 1 N–H and O–H groups in total. The van der Waals surface area contributed by atoms with Gasteiger partial charge in [0, 0.05) is 22.5 Å². The normalized spacial score (nSPS) is 11.8. The Balaban J connectivity index is 2.08. The molecule has 7 heteroatoms. The lowest BCUT2D eigenvalue weighted by Gasteiger charge is -2.09. The summed E-state index contributed by atoms with van der Waals surface area (Å²) in [5.41, 5.74) is 2.56. The SMILES string of the molecule is COc1ccc(N=c2scc(-c3ccc(Cl)cc3Cl)n2CCO)cc1. The van der Waals surface area contributed by atoms with Crippen molar-refractivity contribution in [2.24, 2.45) is 4.99 Å². The molecule has 0 bridgehead atoms. The van der Waals surface area contributed by atoms with E-state index in [-0.39, 0.29) is 6.61 Å². The molecule has 0 unspecified atom stereocenters. The highest BCUT2D eigenvalue weighted by Crippen LogP contribution is 2.30. The molecule has 25 heavy (non-hydrogen) atoms. The maximum absolute atomic E-state index is 9.45. The lowest BCUT2D eigenvalue weighted by Crippen LogP contribution is -2.18. The molecular formula is C18H16Cl2N2O2S. The standard InChI is InChI=1S/C18H16Cl2N2O2S/c1-24-14-5-3-13(4-6-14)21-18-22(8-9-23)17(11-25-18)15-7-2-12(19)10-16(15)20/h2-7,10-11,23H,8-9H2,1H3. The Morgan fingerprint density at radius 1 is 1.16 bits per heavy atom. The van der Waals surface area contributed by atoms with Crippen LogP contribution < -0.4 is 9.54 Å². The average Bonchev–Trinajstić information content (AvgIpc) is 2.98. The van der Waals surface area contributed by atoms with E-state index in [1.807, 2.05) is 40.3 Å². The number of thiazole rings is 1. The van der Waals surface area contributed by atoms with Gasteiger partial charge in [-0.05, 0) is 42.5 Å². The van der Waals surface area contributed by atoms with Gasteiger partial charge in [-0.1, -0.05) is 23.2 Å². The van der Waals surface area contributed by atoms with Gasteiger partial charge in [-0.15, -0.1) is 11.3 Å². The minimum Gasteiger partial charge on any atom is -0.497 e. The van der Waals surface area contributed by atoms with Crippen LogP contribution in [0.4, 0.5) is 5.69 Å². The van der Waals surface area contributed by atoms with E-state index < -0.39 is 0 Å². The van der Waals surface area contributed by atoms with E-state index in [0.29, 0.717) is 16.6 Å². The van der Waals surface area contributed by atoms with Crippen LogP contribution in [-0.4, -0.2) is 23.4 Å². The summed E-state index contributed by atoms with van der Waals surface area (Å²) in [6, 6.07) is 12.9. The second kappa shape index (κ2) is 8.06. The smallest absolute Gasteiger partial charge is 0.190 e. The predicted molar refractivity (Wildman–Crippen MR) is 103 cm³/mol. The molecule has 1 heterocycles. The highest BCUT2D eigenvalue weighted by atomic mass is 35.5. The van der Waals surface area contributed by atoms with Gasteiger partial charge in [0.05, 0.1) is 30.1 Å². The second-order valence-corrected chi connectivity index (χ2v) is 6.89. The summed E-state index contributed by atoms with van der Waals surface area (Å²) in [6.07, 6.45) is 0. The maximum atomic E-state index is 9.45. The number of benzene rings is 2. The van der Waals surface area contributed by atoms with Gasteiger partial charge in [-0.3, -0.25) is 0 Å². The molecule has 0 aliphatic carbocycles. The monoisotopic (exact) mass is 394 g/mol. The number of aliphatic hydroxyl groups is 1. The summed E-state index contributed by atoms with van der Waals surface area (Å²) in [5.74, 6) is 0.780. The Morgan fingerprint density at radius 3 is 2.56 bits per heavy atom. The van der Waals surface area contributed by atoms with Gasteiger partial charge in [0.2, 0.25) is 0 Å². The van der Waals surface area contributed by atoms with Gasteiger partial charge in [0.1, 0.15) is 5.75 Å². The number of rotatable bonds is 5. The lowest BCUT2D eigenvalue weighted by atomic mass is 10.1. The molecular weight excluding hydrogens is 379 g/mol. The highest BCUT2D eigenvalue weighted by molar-refractivity contribution is 7.07. The molecule has 0 radical (unpaired) electrons. The molecule has 4 nitrogen and oxygen atoms in total. The summed E-state index contributed by atoms with van der Waals surface area (Å²) in [6.45, 7) is 0.428. The number of ether oxygens (including phenoxy) is 1. The van der Waals surface area contributed by atoms with Crippen LogP contribution in [0.1, 0.15) is 0 Å². The number of methoxy groups -OCH3 is 1. The van der Waals surface area contributed by atoms with Crippen LogP contribution in [0, 0.1) is 0 Å². The predicted octanol–water partition coefficient (Wildman–Crippen LogP) is 4.76. The van der Waals surface area contributed by atoms with Gasteiger partial charge in [0.25, 0.3) is 0 Å². The number of hydrogen-bond donors (Lipinski definition) is 1. The van der Waals surface area contributed by atoms with Crippen LogP contribution in [0.25, 0.3) is 11.3 Å². The van der Waals surface area contributed by atoms with E-state index in [0.717, 1.165) is 27.5 Å². The number of hydrogen-bond acceptors (Lipinski definition) is 4. The van der Waals surface area contributed by atoms with E-state index in [9.17, 15) is 5.11 Å². The third-order valence-corrected chi connectivity index (χ3v) is 5.04. The molecule has 2 aromatic carbocycles. The molecule has 1 aromatic heterocycles. The van der Waals surface area contributed by atoms with Crippen molar-refractivity contribution in [1.29, 1.82) is 0 Å². The van der Waals surface area contributed by atoms with Crippen molar-refractivity contribution in [3.05, 3.63) is 62.7 Å². The quantitative estimate of drug-likeness (QED) is 0.677. The largest absolute Gasteiger partial charge is 0.497 e. The van der Waals surface area contributed by atoms with E-state index in [2.05, 4.69) is 4.99 Å². The Hall–Kier alpha value is -1.79. The maximum Gasteiger partial charge on any atom is 0.190 e. The topological polar surface area (TPSA) is 46.8 Å². The number of nitrogens with zero attached hydrogens (tertiary/aromatic N) is 2. The Labute approximate surface area is 159 Å². The van der Waals surface area contributed by atoms with Crippen molar-refractivity contribution in [3.8, 4) is 17.0 Å². The zero-order chi connectivity index (χ0) is 17.8. The first kappa shape index (κ1) is 18.0. The van der Waals surface area contributed by atoms with Crippen molar-refractivity contribution >= 4 is 40.2 Å². The number of aromatic nitrogens is 1. The fourth-order valence-electron chi connectivity index (χ4n) is 2.41. The van der Waals surface area contributed by atoms with Gasteiger partial charge in [-0.2, -0.15) is 0 Å². The van der Waals surface area contributed by atoms with Crippen molar-refractivity contribution in [1.82, 2.24) is 4.57 Å². The van der Waals surface area contributed by atoms with Crippen molar-refractivity contribution < 1.29 is 9.84 Å². The van der Waals surface area contributed by atoms with Crippen LogP contribution in [0.2, 0.25) is 10.0 Å². The van der Waals surface area contributed by atoms with Gasteiger partial charge in [-0.25, -0.2) is 4.99 Å². The third kappa shape index (κ3) is 4.07. The van der Waals surface area contributed by atoms with Crippen LogP contribution >= 0.6 is 34.5 Å². The third-order valence-electron chi connectivity index (χ3n) is 3.63. The minimum absolute atomic E-state index is 0.00470. The molecule has 3 rings (SSSR count). The zero-order valence-corrected chi connectivity index (χ0v) is 15.8. The van der Waals surface area contributed by atoms with Gasteiger partial charge < -0.3 is 14.4 Å². The van der Waals surface area contributed by atoms with Crippen LogP contribution in [0.5, 0.6) is 5.75 Å². The summed E-state index contributed by atoms with van der Waals surface area (Å²) in [4.78, 5) is 5.45. The first-order chi connectivity index (χ1) is 12.1. The van der Waals surface area contributed by atoms with Crippen LogP contribution in [0.15, 0.2) is 52.8 Å². The Bertz CT molecular complexity index is 933. The van der Waals surface area contributed by atoms with E-state index >= 15 is 0 Å². The van der Waals surface area contributed by atoms with Crippen molar-refractivity contribution in [2.75, 3.05) is 13.7 Å². The van der Waals surface area contributed by atoms with E-state index in [1.165, 1.54) is 11.3 Å².